The molecule has 1 amide bonds. The molecule has 5 fully saturated rings. The van der Waals surface area contributed by atoms with Gasteiger partial charge in [0.25, 0.3) is 0 Å². The molecule has 0 spiro atoms. The first-order valence-corrected chi connectivity index (χ1v) is 13.9. The van der Waals surface area contributed by atoms with Crippen LogP contribution in [0.5, 0.6) is 0 Å². The summed E-state index contributed by atoms with van der Waals surface area (Å²) in [5, 5.41) is 23.0. The molecule has 4 aliphatic carbocycles. The first-order chi connectivity index (χ1) is 15.5. The van der Waals surface area contributed by atoms with Gasteiger partial charge in [-0.15, -0.1) is 0 Å². The Kier molecular flexibility index (Phi) is 7.62. The van der Waals surface area contributed by atoms with E-state index in [1.54, 1.807) is 6.92 Å². The highest BCUT2D eigenvalue weighted by Crippen LogP contribution is 2.60. The Bertz CT molecular complexity index is 723. The van der Waals surface area contributed by atoms with Gasteiger partial charge in [0, 0.05) is 5.41 Å². The molecule has 1 saturated heterocycles. The van der Waals surface area contributed by atoms with E-state index in [0.29, 0.717) is 24.2 Å². The first kappa shape index (κ1) is 25.5. The topological polar surface area (TPSA) is 135 Å². The Morgan fingerprint density at radius 3 is 2.27 bits per heavy atom. The fourth-order valence-corrected chi connectivity index (χ4v) is 7.94. The van der Waals surface area contributed by atoms with E-state index in [-0.39, 0.29) is 23.8 Å². The maximum Gasteiger partial charge on any atom is 0.472 e. The molecule has 5 rings (SSSR count). The Balaban J connectivity index is 1.32. The smallest absolute Gasteiger partial charge is 0.394 e. The van der Waals surface area contributed by atoms with Gasteiger partial charge >= 0.3 is 7.82 Å². The average Bonchev–Trinajstić information content (AvgIpc) is 2.96. The van der Waals surface area contributed by atoms with E-state index in [4.69, 9.17) is 13.8 Å². The second-order valence-corrected chi connectivity index (χ2v) is 12.8. The molecule has 9 nitrogen and oxygen atoms in total. The Labute approximate surface area is 196 Å². The highest BCUT2D eigenvalue weighted by molar-refractivity contribution is 7.47. The lowest BCUT2D eigenvalue weighted by Crippen LogP contribution is -2.56. The van der Waals surface area contributed by atoms with Crippen LogP contribution in [0.3, 0.4) is 0 Å². The van der Waals surface area contributed by atoms with Crippen LogP contribution < -0.4 is 5.32 Å². The number of nitrogens with one attached hydrogen (secondary N) is 1. The van der Waals surface area contributed by atoms with Gasteiger partial charge in [-0.25, -0.2) is 4.57 Å². The number of carbonyl (C=O) groups excluding carboxylic acids is 1. The number of aliphatic hydroxyl groups is 2. The van der Waals surface area contributed by atoms with E-state index in [0.717, 1.165) is 19.3 Å². The molecule has 0 radical (unpaired) electrons. The van der Waals surface area contributed by atoms with Crippen molar-refractivity contribution in [1.82, 2.24) is 5.32 Å². The lowest BCUT2D eigenvalue weighted by molar-refractivity contribution is -0.147. The van der Waals surface area contributed by atoms with Crippen LogP contribution in [0.4, 0.5) is 0 Å². The summed E-state index contributed by atoms with van der Waals surface area (Å²) in [5.41, 5.74) is -0.382. The molecule has 4 saturated carbocycles. The fourth-order valence-electron chi connectivity index (χ4n) is 6.94. The minimum absolute atomic E-state index is 0.0802. The van der Waals surface area contributed by atoms with Gasteiger partial charge in [0.1, 0.15) is 12.2 Å². The van der Waals surface area contributed by atoms with E-state index in [2.05, 4.69) is 5.32 Å². The molecule has 1 aliphatic heterocycles. The summed E-state index contributed by atoms with van der Waals surface area (Å²) in [6.07, 6.45) is 3.79. The highest BCUT2D eigenvalue weighted by Gasteiger charge is 2.55. The molecule has 0 aromatic rings. The number of phosphoric acid groups is 1. The third kappa shape index (κ3) is 5.66. The van der Waals surface area contributed by atoms with Crippen molar-refractivity contribution in [3.63, 3.8) is 0 Å². The molecule has 0 aromatic carbocycles. The Morgan fingerprint density at radius 1 is 1.18 bits per heavy atom. The number of aliphatic hydroxyl groups excluding tert-OH is 2. The average molecular weight is 490 g/mol. The van der Waals surface area contributed by atoms with E-state index in [9.17, 15) is 24.5 Å². The van der Waals surface area contributed by atoms with Crippen molar-refractivity contribution in [3.8, 4) is 0 Å². The first-order valence-electron chi connectivity index (χ1n) is 12.4. The second kappa shape index (κ2) is 9.84. The van der Waals surface area contributed by atoms with Crippen LogP contribution in [0.25, 0.3) is 0 Å². The van der Waals surface area contributed by atoms with Crippen LogP contribution in [0, 0.1) is 29.1 Å². The molecule has 1 heterocycles. The van der Waals surface area contributed by atoms with Crippen molar-refractivity contribution in [2.24, 2.45) is 29.1 Å². The number of hydrogen-bond donors (Lipinski definition) is 4. The van der Waals surface area contributed by atoms with Crippen molar-refractivity contribution < 1.29 is 38.3 Å². The monoisotopic (exact) mass is 489 g/mol. The molecule has 190 valence electrons. The fraction of sp³-hybridized carbons (Fsp3) is 0.957. The minimum Gasteiger partial charge on any atom is -0.394 e. The molecule has 4 bridgehead atoms. The maximum atomic E-state index is 13.2. The van der Waals surface area contributed by atoms with E-state index in [1.165, 1.54) is 19.3 Å². The van der Waals surface area contributed by atoms with Gasteiger partial charge in [0.15, 0.2) is 0 Å². The van der Waals surface area contributed by atoms with Crippen LogP contribution >= 0.6 is 7.82 Å². The molecular formula is C23H40NO8P. The van der Waals surface area contributed by atoms with Crippen LogP contribution in [0.15, 0.2) is 0 Å². The zero-order valence-corrected chi connectivity index (χ0v) is 20.8. The van der Waals surface area contributed by atoms with Crippen molar-refractivity contribution in [1.29, 1.82) is 0 Å². The normalized spacial score (nSPS) is 42.5. The van der Waals surface area contributed by atoms with Crippen molar-refractivity contribution in [2.75, 3.05) is 13.2 Å². The zero-order chi connectivity index (χ0) is 24.0. The Hall–Kier alpha value is -0.540. The summed E-state index contributed by atoms with van der Waals surface area (Å²) in [4.78, 5) is 23.5. The number of phosphoric ester groups is 1. The van der Waals surface area contributed by atoms with E-state index >= 15 is 0 Å². The standard InChI is InChI=1S/C23H40NO8P/c1-13(2)4-19-21(20(26)14(3)31-19)32-33(28,29)30-12-18(11-25)24-22(27)23-8-15-5-16(9-23)7-17(6-15)10-23/h13-21,25-26H,4-12H2,1-3H3,(H,24,27)(H,28,29)/t14-,15-,16?,17+,18?,19+,20-,21+,23?/m0/s1. The molecule has 0 aromatic heterocycles. The van der Waals surface area contributed by atoms with E-state index in [1.807, 2.05) is 13.8 Å². The number of amides is 1. The van der Waals surface area contributed by atoms with Gasteiger partial charge in [-0.05, 0) is 75.5 Å². The Morgan fingerprint density at radius 2 is 1.76 bits per heavy atom. The summed E-state index contributed by atoms with van der Waals surface area (Å²) < 4.78 is 28.8. The number of ether oxygens (including phenoxy) is 1. The van der Waals surface area contributed by atoms with Gasteiger partial charge in [0.05, 0.1) is 31.5 Å². The summed E-state index contributed by atoms with van der Waals surface area (Å²) >= 11 is 0. The van der Waals surface area contributed by atoms with Gasteiger partial charge < -0.3 is 25.2 Å². The maximum absolute atomic E-state index is 13.2. The van der Waals surface area contributed by atoms with Gasteiger partial charge in [-0.2, -0.15) is 0 Å². The van der Waals surface area contributed by atoms with Crippen LogP contribution in [0.2, 0.25) is 0 Å². The molecule has 33 heavy (non-hydrogen) atoms. The van der Waals surface area contributed by atoms with E-state index < -0.39 is 44.9 Å². The van der Waals surface area contributed by atoms with Crippen LogP contribution in [0.1, 0.15) is 65.7 Å². The summed E-state index contributed by atoms with van der Waals surface area (Å²) in [6.45, 7) is 4.88. The summed E-state index contributed by atoms with van der Waals surface area (Å²) in [6, 6.07) is -0.815. The molecule has 4 N–H and O–H groups in total. The third-order valence-electron chi connectivity index (χ3n) is 8.05. The molecule has 6 atom stereocenters. The van der Waals surface area contributed by atoms with Crippen molar-refractivity contribution >= 4 is 13.7 Å². The van der Waals surface area contributed by atoms with Gasteiger partial charge in [-0.3, -0.25) is 13.8 Å². The number of hydrogen-bond acceptors (Lipinski definition) is 7. The minimum atomic E-state index is -4.56. The predicted molar refractivity (Wildman–Crippen MR) is 120 cm³/mol. The van der Waals surface area contributed by atoms with Crippen molar-refractivity contribution in [3.05, 3.63) is 0 Å². The third-order valence-corrected chi connectivity index (χ3v) is 9.03. The molecule has 2 unspecified atom stereocenters. The number of rotatable bonds is 10. The molecule has 5 aliphatic rings. The lowest BCUT2D eigenvalue weighted by atomic mass is 9.49. The zero-order valence-electron chi connectivity index (χ0n) is 19.9. The van der Waals surface area contributed by atoms with Crippen LogP contribution in [-0.4, -0.2) is 64.7 Å². The summed E-state index contributed by atoms with van der Waals surface area (Å²) in [7, 11) is -4.56. The second-order valence-electron chi connectivity index (χ2n) is 11.4. The molecular weight excluding hydrogens is 449 g/mol. The lowest BCUT2D eigenvalue weighted by Gasteiger charge is -2.55. The number of carbonyl (C=O) groups is 1. The highest BCUT2D eigenvalue weighted by atomic mass is 31.2. The quantitative estimate of drug-likeness (QED) is 0.344. The van der Waals surface area contributed by atoms with Crippen LogP contribution in [-0.2, 0) is 23.1 Å². The largest absolute Gasteiger partial charge is 0.472 e. The predicted octanol–water partition coefficient (Wildman–Crippen LogP) is 2.38. The van der Waals surface area contributed by atoms with Gasteiger partial charge in [0.2, 0.25) is 5.91 Å². The van der Waals surface area contributed by atoms with Crippen molar-refractivity contribution in [2.45, 2.75) is 96.2 Å². The molecule has 10 heteroatoms. The summed E-state index contributed by atoms with van der Waals surface area (Å²) in [5.74, 6) is 1.99. The SMILES string of the molecule is CC(C)C[C@H]1O[C@@H](C)[C@H](O)[C@@H]1OP(=O)(O)OCC(CO)NC(=O)C12CC3C[C@H](C1)C[C@H](C3)C2. The van der Waals surface area contributed by atoms with Gasteiger partial charge in [-0.1, -0.05) is 13.8 Å².